The third-order valence-electron chi connectivity index (χ3n) is 5.13. The monoisotopic (exact) mass is 360 g/mol. The van der Waals surface area contributed by atoms with Crippen LogP contribution in [0.1, 0.15) is 25.7 Å². The lowest BCUT2D eigenvalue weighted by molar-refractivity contribution is 0.410. The molecule has 4 aromatic rings. The normalized spacial score (nSPS) is 20.2. The first-order chi connectivity index (χ1) is 13.3. The van der Waals surface area contributed by atoms with E-state index >= 15 is 0 Å². The van der Waals surface area contributed by atoms with Gasteiger partial charge in [-0.25, -0.2) is 4.98 Å². The molecule has 0 radical (unpaired) electrons. The van der Waals surface area contributed by atoms with E-state index in [-0.39, 0.29) is 0 Å². The van der Waals surface area contributed by atoms with E-state index in [1.165, 1.54) is 0 Å². The Bertz CT molecular complexity index is 1100. The molecule has 0 amide bonds. The van der Waals surface area contributed by atoms with Crippen molar-refractivity contribution in [1.82, 2.24) is 29.9 Å². The molecule has 1 saturated carbocycles. The number of benzene rings is 1. The van der Waals surface area contributed by atoms with Crippen LogP contribution < -0.4 is 11.1 Å². The number of hydrogen-bond donors (Lipinski definition) is 2. The zero-order valence-electron chi connectivity index (χ0n) is 14.8. The van der Waals surface area contributed by atoms with Gasteiger partial charge in [-0.3, -0.25) is 4.98 Å². The third-order valence-corrected chi connectivity index (χ3v) is 5.13. The summed E-state index contributed by atoms with van der Waals surface area (Å²) in [4.78, 5) is 13.4. The van der Waals surface area contributed by atoms with Crippen molar-refractivity contribution in [3.05, 3.63) is 42.7 Å². The molecule has 1 aliphatic carbocycles. The SMILES string of the molecule is N[C@H]1CC[C@H](Nc2ncc3nnn(-c4ccc5ncccc5c4)c3n2)CC1. The van der Waals surface area contributed by atoms with E-state index in [2.05, 4.69) is 30.6 Å². The van der Waals surface area contributed by atoms with Crippen LogP contribution in [0.25, 0.3) is 27.8 Å². The summed E-state index contributed by atoms with van der Waals surface area (Å²) in [5, 5.41) is 13.0. The highest BCUT2D eigenvalue weighted by atomic mass is 15.4. The molecule has 8 heteroatoms. The van der Waals surface area contributed by atoms with E-state index in [1.54, 1.807) is 17.1 Å². The number of hydrogen-bond acceptors (Lipinski definition) is 7. The highest BCUT2D eigenvalue weighted by Gasteiger charge is 2.19. The van der Waals surface area contributed by atoms with Gasteiger partial charge in [0, 0.05) is 23.7 Å². The Kier molecular flexibility index (Phi) is 3.90. The van der Waals surface area contributed by atoms with Gasteiger partial charge < -0.3 is 11.1 Å². The highest BCUT2D eigenvalue weighted by Crippen LogP contribution is 2.22. The standard InChI is InChI=1S/C19H20N8/c20-13-3-5-14(6-4-13)23-19-22-11-17-18(24-19)27(26-25-17)15-7-8-16-12(10-15)2-1-9-21-16/h1-2,7-11,13-14H,3-6,20H2,(H,22,23,24)/t13-,14-. The number of nitrogens with one attached hydrogen (secondary N) is 1. The van der Waals surface area contributed by atoms with Gasteiger partial charge in [-0.05, 0) is 49.9 Å². The number of nitrogens with zero attached hydrogens (tertiary/aromatic N) is 6. The van der Waals surface area contributed by atoms with Crippen molar-refractivity contribution in [2.24, 2.45) is 5.73 Å². The third kappa shape index (κ3) is 3.08. The minimum Gasteiger partial charge on any atom is -0.351 e. The molecular formula is C19H20N8. The zero-order chi connectivity index (χ0) is 18.2. The van der Waals surface area contributed by atoms with Crippen LogP contribution in [-0.2, 0) is 0 Å². The Balaban J connectivity index is 1.49. The van der Waals surface area contributed by atoms with Crippen LogP contribution in [0.15, 0.2) is 42.7 Å². The van der Waals surface area contributed by atoms with Crippen LogP contribution in [0.2, 0.25) is 0 Å². The molecule has 0 bridgehead atoms. The number of nitrogens with two attached hydrogens (primary N) is 1. The average molecular weight is 360 g/mol. The summed E-state index contributed by atoms with van der Waals surface area (Å²) in [7, 11) is 0. The average Bonchev–Trinajstić information content (AvgIpc) is 3.13. The van der Waals surface area contributed by atoms with Crippen molar-refractivity contribution in [2.45, 2.75) is 37.8 Å². The summed E-state index contributed by atoms with van der Waals surface area (Å²) < 4.78 is 1.74. The van der Waals surface area contributed by atoms with Gasteiger partial charge >= 0.3 is 0 Å². The fraction of sp³-hybridized carbons (Fsp3) is 0.316. The Morgan fingerprint density at radius 1 is 1.04 bits per heavy atom. The molecule has 0 spiro atoms. The smallest absolute Gasteiger partial charge is 0.225 e. The number of fused-ring (bicyclic) bond motifs is 2. The second-order valence-electron chi connectivity index (χ2n) is 7.04. The summed E-state index contributed by atoms with van der Waals surface area (Å²) >= 11 is 0. The number of rotatable bonds is 3. The second kappa shape index (κ2) is 6.55. The van der Waals surface area contributed by atoms with Crippen LogP contribution in [0.4, 0.5) is 5.95 Å². The van der Waals surface area contributed by atoms with E-state index in [0.717, 1.165) is 42.3 Å². The zero-order valence-corrected chi connectivity index (χ0v) is 14.8. The molecule has 1 fully saturated rings. The van der Waals surface area contributed by atoms with Gasteiger partial charge in [0.25, 0.3) is 0 Å². The predicted molar refractivity (Wildman–Crippen MR) is 104 cm³/mol. The quantitative estimate of drug-likeness (QED) is 0.578. The van der Waals surface area contributed by atoms with E-state index in [1.807, 2.05) is 30.3 Å². The van der Waals surface area contributed by atoms with Gasteiger partial charge in [0.1, 0.15) is 0 Å². The molecule has 1 aliphatic rings. The van der Waals surface area contributed by atoms with Crippen molar-refractivity contribution in [2.75, 3.05) is 5.32 Å². The Morgan fingerprint density at radius 3 is 2.81 bits per heavy atom. The highest BCUT2D eigenvalue weighted by molar-refractivity contribution is 5.81. The Labute approximate surface area is 155 Å². The van der Waals surface area contributed by atoms with E-state index < -0.39 is 0 Å². The van der Waals surface area contributed by atoms with Crippen molar-refractivity contribution >= 4 is 28.0 Å². The van der Waals surface area contributed by atoms with Crippen molar-refractivity contribution in [1.29, 1.82) is 0 Å². The Morgan fingerprint density at radius 2 is 1.93 bits per heavy atom. The van der Waals surface area contributed by atoms with Crippen molar-refractivity contribution in [3.63, 3.8) is 0 Å². The maximum absolute atomic E-state index is 5.99. The molecule has 0 saturated heterocycles. The summed E-state index contributed by atoms with van der Waals surface area (Å²) in [5.74, 6) is 0.606. The largest absolute Gasteiger partial charge is 0.351 e. The first-order valence-corrected chi connectivity index (χ1v) is 9.22. The molecule has 136 valence electrons. The molecule has 3 heterocycles. The van der Waals surface area contributed by atoms with Gasteiger partial charge in [0.05, 0.1) is 17.4 Å². The molecular weight excluding hydrogens is 340 g/mol. The maximum Gasteiger partial charge on any atom is 0.225 e. The first-order valence-electron chi connectivity index (χ1n) is 9.22. The molecule has 27 heavy (non-hydrogen) atoms. The molecule has 3 aromatic heterocycles. The lowest BCUT2D eigenvalue weighted by atomic mass is 9.92. The molecule has 0 aliphatic heterocycles. The predicted octanol–water partition coefficient (Wildman–Crippen LogP) is 2.44. The summed E-state index contributed by atoms with van der Waals surface area (Å²) in [5.41, 5.74) is 9.18. The summed E-state index contributed by atoms with van der Waals surface area (Å²) in [6.45, 7) is 0. The van der Waals surface area contributed by atoms with Crippen LogP contribution in [0.5, 0.6) is 0 Å². The van der Waals surface area contributed by atoms with Crippen LogP contribution in [0.3, 0.4) is 0 Å². The number of aromatic nitrogens is 6. The molecule has 0 atom stereocenters. The van der Waals surface area contributed by atoms with Gasteiger partial charge in [-0.1, -0.05) is 11.3 Å². The second-order valence-corrected chi connectivity index (χ2v) is 7.04. The summed E-state index contributed by atoms with van der Waals surface area (Å²) in [6.07, 6.45) is 7.64. The lowest BCUT2D eigenvalue weighted by Crippen LogP contribution is -2.33. The number of anilines is 1. The van der Waals surface area contributed by atoms with Gasteiger partial charge in [0.15, 0.2) is 11.2 Å². The molecule has 1 aromatic carbocycles. The fourth-order valence-corrected chi connectivity index (χ4v) is 3.61. The fourth-order valence-electron chi connectivity index (χ4n) is 3.61. The van der Waals surface area contributed by atoms with Gasteiger partial charge in [-0.2, -0.15) is 9.67 Å². The Hall–Kier alpha value is -3.13. The van der Waals surface area contributed by atoms with Gasteiger partial charge in [-0.15, -0.1) is 5.10 Å². The molecule has 5 rings (SSSR count). The first kappa shape index (κ1) is 16.1. The van der Waals surface area contributed by atoms with E-state index in [9.17, 15) is 0 Å². The minimum atomic E-state index is 0.319. The van der Waals surface area contributed by atoms with Crippen molar-refractivity contribution < 1.29 is 0 Å². The maximum atomic E-state index is 5.99. The van der Waals surface area contributed by atoms with Crippen LogP contribution >= 0.6 is 0 Å². The van der Waals surface area contributed by atoms with E-state index in [0.29, 0.717) is 29.2 Å². The topological polar surface area (TPSA) is 107 Å². The van der Waals surface area contributed by atoms with Gasteiger partial charge in [0.2, 0.25) is 5.95 Å². The summed E-state index contributed by atoms with van der Waals surface area (Å²) in [6, 6.07) is 10.6. The molecule has 3 N–H and O–H groups in total. The molecule has 0 unspecified atom stereocenters. The lowest BCUT2D eigenvalue weighted by Gasteiger charge is -2.26. The van der Waals surface area contributed by atoms with Crippen molar-refractivity contribution in [3.8, 4) is 5.69 Å². The molecule has 8 nitrogen and oxygen atoms in total. The van der Waals surface area contributed by atoms with Crippen LogP contribution in [-0.4, -0.2) is 42.0 Å². The minimum absolute atomic E-state index is 0.319. The number of pyridine rings is 1. The van der Waals surface area contributed by atoms with Crippen LogP contribution in [0, 0.1) is 0 Å². The van der Waals surface area contributed by atoms with E-state index in [4.69, 9.17) is 5.73 Å².